The SMILES string of the molecule is CCSCC(C)N=C(NN)Nc1ccccc1. The van der Waals surface area contributed by atoms with Crippen molar-refractivity contribution in [1.82, 2.24) is 5.43 Å². The van der Waals surface area contributed by atoms with Crippen molar-refractivity contribution in [2.45, 2.75) is 19.9 Å². The maximum absolute atomic E-state index is 5.45. The molecular formula is C12H20N4S. The van der Waals surface area contributed by atoms with Gasteiger partial charge in [0.2, 0.25) is 5.96 Å². The smallest absolute Gasteiger partial charge is 0.210 e. The van der Waals surface area contributed by atoms with Gasteiger partial charge in [0, 0.05) is 11.4 Å². The Hall–Kier alpha value is -1.20. The molecule has 0 aliphatic carbocycles. The van der Waals surface area contributed by atoms with Crippen molar-refractivity contribution >= 4 is 23.4 Å². The molecule has 0 aromatic heterocycles. The second-order valence-electron chi connectivity index (χ2n) is 3.62. The standard InChI is InChI=1S/C12H20N4S/c1-3-17-9-10(2)14-12(16-13)15-11-7-5-4-6-8-11/h4-8,10H,3,9,13H2,1-2H3,(H2,14,15,16). The van der Waals surface area contributed by atoms with E-state index in [4.69, 9.17) is 5.84 Å². The molecule has 0 saturated heterocycles. The lowest BCUT2D eigenvalue weighted by molar-refractivity contribution is 0.830. The van der Waals surface area contributed by atoms with E-state index in [2.05, 4.69) is 29.6 Å². The van der Waals surface area contributed by atoms with E-state index in [0.29, 0.717) is 5.96 Å². The summed E-state index contributed by atoms with van der Waals surface area (Å²) < 4.78 is 0. The van der Waals surface area contributed by atoms with Gasteiger partial charge in [-0.2, -0.15) is 11.8 Å². The third-order valence-electron chi connectivity index (χ3n) is 2.09. The highest BCUT2D eigenvalue weighted by Crippen LogP contribution is 2.07. The van der Waals surface area contributed by atoms with Crippen molar-refractivity contribution in [3.8, 4) is 0 Å². The van der Waals surface area contributed by atoms with E-state index in [1.807, 2.05) is 42.1 Å². The summed E-state index contributed by atoms with van der Waals surface area (Å²) in [5, 5.41) is 3.14. The fourth-order valence-corrected chi connectivity index (χ4v) is 1.96. The van der Waals surface area contributed by atoms with Gasteiger partial charge in [-0.05, 0) is 24.8 Å². The van der Waals surface area contributed by atoms with Gasteiger partial charge < -0.3 is 5.32 Å². The number of nitrogens with two attached hydrogens (primary N) is 1. The van der Waals surface area contributed by atoms with Crippen LogP contribution in [-0.2, 0) is 0 Å². The number of nitrogens with zero attached hydrogens (tertiary/aromatic N) is 1. The number of anilines is 1. The summed E-state index contributed by atoms with van der Waals surface area (Å²) in [6.07, 6.45) is 0. The maximum atomic E-state index is 5.45. The molecule has 1 aromatic carbocycles. The number of aliphatic imine (C=N–C) groups is 1. The largest absolute Gasteiger partial charge is 0.325 e. The quantitative estimate of drug-likeness (QED) is 0.325. The molecule has 5 heteroatoms. The predicted molar refractivity (Wildman–Crippen MR) is 77.3 cm³/mol. The molecule has 1 atom stereocenters. The van der Waals surface area contributed by atoms with E-state index in [1.165, 1.54) is 0 Å². The van der Waals surface area contributed by atoms with Crippen LogP contribution in [0.1, 0.15) is 13.8 Å². The number of hydrogen-bond acceptors (Lipinski definition) is 3. The summed E-state index contributed by atoms with van der Waals surface area (Å²) in [5.41, 5.74) is 3.56. The topological polar surface area (TPSA) is 62.4 Å². The Balaban J connectivity index is 2.55. The van der Waals surface area contributed by atoms with Crippen LogP contribution in [0.25, 0.3) is 0 Å². The highest BCUT2D eigenvalue weighted by Gasteiger charge is 2.02. The highest BCUT2D eigenvalue weighted by atomic mass is 32.2. The van der Waals surface area contributed by atoms with E-state index < -0.39 is 0 Å². The zero-order valence-corrected chi connectivity index (χ0v) is 11.1. The summed E-state index contributed by atoms with van der Waals surface area (Å²) in [4.78, 5) is 4.48. The first-order valence-corrected chi connectivity index (χ1v) is 6.86. The molecule has 94 valence electrons. The molecular weight excluding hydrogens is 232 g/mol. The third kappa shape index (κ3) is 5.60. The fraction of sp³-hybridized carbons (Fsp3) is 0.417. The Labute approximate surface area is 107 Å². The molecule has 4 N–H and O–H groups in total. The van der Waals surface area contributed by atoms with Gasteiger partial charge >= 0.3 is 0 Å². The molecule has 0 aliphatic rings. The number of hydrogen-bond donors (Lipinski definition) is 3. The van der Waals surface area contributed by atoms with Crippen LogP contribution in [0.15, 0.2) is 35.3 Å². The van der Waals surface area contributed by atoms with Gasteiger partial charge in [-0.1, -0.05) is 25.1 Å². The second kappa shape index (κ2) is 7.97. The first-order valence-electron chi connectivity index (χ1n) is 5.70. The first kappa shape index (κ1) is 13.9. The molecule has 0 amide bonds. The number of thioether (sulfide) groups is 1. The molecule has 1 rings (SSSR count). The van der Waals surface area contributed by atoms with Gasteiger partial charge in [0.05, 0.1) is 6.04 Å². The zero-order chi connectivity index (χ0) is 12.5. The molecule has 0 aliphatic heterocycles. The van der Waals surface area contributed by atoms with E-state index in [9.17, 15) is 0 Å². The molecule has 0 spiro atoms. The number of benzene rings is 1. The number of guanidine groups is 1. The predicted octanol–water partition coefficient (Wildman–Crippen LogP) is 2.06. The van der Waals surface area contributed by atoms with Crippen molar-refractivity contribution in [3.63, 3.8) is 0 Å². The van der Waals surface area contributed by atoms with Crippen LogP contribution >= 0.6 is 11.8 Å². The number of rotatable bonds is 5. The Bertz CT molecular complexity index is 340. The van der Waals surface area contributed by atoms with Crippen LogP contribution in [0.5, 0.6) is 0 Å². The Kier molecular flexibility index (Phi) is 6.50. The van der Waals surface area contributed by atoms with Gasteiger partial charge in [-0.15, -0.1) is 0 Å². The summed E-state index contributed by atoms with van der Waals surface area (Å²) in [5.74, 6) is 8.15. The average Bonchev–Trinajstić information content (AvgIpc) is 2.36. The van der Waals surface area contributed by atoms with Gasteiger partial charge in [0.25, 0.3) is 0 Å². The third-order valence-corrected chi connectivity index (χ3v) is 3.21. The number of nitrogens with one attached hydrogen (secondary N) is 2. The first-order chi connectivity index (χ1) is 8.26. The second-order valence-corrected chi connectivity index (χ2v) is 4.94. The van der Waals surface area contributed by atoms with Crippen LogP contribution in [0.4, 0.5) is 5.69 Å². The maximum Gasteiger partial charge on any atom is 0.210 e. The number of para-hydroxylation sites is 1. The van der Waals surface area contributed by atoms with E-state index >= 15 is 0 Å². The van der Waals surface area contributed by atoms with Crippen molar-refractivity contribution in [2.75, 3.05) is 16.8 Å². The van der Waals surface area contributed by atoms with Gasteiger partial charge in [-0.25, -0.2) is 10.8 Å². The summed E-state index contributed by atoms with van der Waals surface area (Å²) >= 11 is 1.87. The monoisotopic (exact) mass is 252 g/mol. The average molecular weight is 252 g/mol. The Morgan fingerprint density at radius 1 is 1.41 bits per heavy atom. The van der Waals surface area contributed by atoms with Crippen molar-refractivity contribution in [3.05, 3.63) is 30.3 Å². The van der Waals surface area contributed by atoms with Crippen molar-refractivity contribution in [1.29, 1.82) is 0 Å². The lowest BCUT2D eigenvalue weighted by Crippen LogP contribution is -2.37. The van der Waals surface area contributed by atoms with Gasteiger partial charge in [-0.3, -0.25) is 5.43 Å². The molecule has 0 saturated carbocycles. The molecule has 0 fully saturated rings. The minimum Gasteiger partial charge on any atom is -0.325 e. The zero-order valence-electron chi connectivity index (χ0n) is 10.3. The van der Waals surface area contributed by atoms with Crippen LogP contribution in [-0.4, -0.2) is 23.5 Å². The van der Waals surface area contributed by atoms with Crippen LogP contribution in [0.3, 0.4) is 0 Å². The lowest BCUT2D eigenvalue weighted by Gasteiger charge is -2.12. The molecule has 17 heavy (non-hydrogen) atoms. The molecule has 0 radical (unpaired) electrons. The lowest BCUT2D eigenvalue weighted by atomic mass is 10.3. The van der Waals surface area contributed by atoms with Crippen molar-refractivity contribution in [2.24, 2.45) is 10.8 Å². The minimum absolute atomic E-state index is 0.238. The van der Waals surface area contributed by atoms with Crippen molar-refractivity contribution < 1.29 is 0 Å². The minimum atomic E-state index is 0.238. The molecule has 1 unspecified atom stereocenters. The van der Waals surface area contributed by atoms with Crippen LogP contribution in [0, 0.1) is 0 Å². The molecule has 1 aromatic rings. The summed E-state index contributed by atoms with van der Waals surface area (Å²) in [6.45, 7) is 4.22. The number of hydrazine groups is 1. The Morgan fingerprint density at radius 2 is 2.12 bits per heavy atom. The fourth-order valence-electron chi connectivity index (χ4n) is 1.31. The Morgan fingerprint density at radius 3 is 2.71 bits per heavy atom. The van der Waals surface area contributed by atoms with E-state index in [0.717, 1.165) is 17.2 Å². The summed E-state index contributed by atoms with van der Waals surface area (Å²) in [6, 6.07) is 10.1. The molecule has 4 nitrogen and oxygen atoms in total. The molecule has 0 bridgehead atoms. The van der Waals surface area contributed by atoms with E-state index in [-0.39, 0.29) is 6.04 Å². The molecule has 0 heterocycles. The highest BCUT2D eigenvalue weighted by molar-refractivity contribution is 7.99. The van der Waals surface area contributed by atoms with Crippen LogP contribution < -0.4 is 16.6 Å². The van der Waals surface area contributed by atoms with Gasteiger partial charge in [0.1, 0.15) is 0 Å². The van der Waals surface area contributed by atoms with Gasteiger partial charge in [0.15, 0.2) is 0 Å². The van der Waals surface area contributed by atoms with Crippen LogP contribution in [0.2, 0.25) is 0 Å². The summed E-state index contributed by atoms with van der Waals surface area (Å²) in [7, 11) is 0. The van der Waals surface area contributed by atoms with E-state index in [1.54, 1.807) is 0 Å². The normalized spacial score (nSPS) is 13.2.